The van der Waals surface area contributed by atoms with Crippen LogP contribution >= 0.6 is 15.5 Å². The van der Waals surface area contributed by atoms with Crippen molar-refractivity contribution in [3.05, 3.63) is 73.3 Å². The van der Waals surface area contributed by atoms with Gasteiger partial charge in [-0.2, -0.15) is 30.1 Å². The zero-order valence-corrected chi connectivity index (χ0v) is 49.4. The number of nitrogens with one attached hydrogen (secondary N) is 4. The summed E-state index contributed by atoms with van der Waals surface area (Å²) in [5, 5.41) is 53.5. The summed E-state index contributed by atoms with van der Waals surface area (Å²) >= 11 is 0. The number of anilines is 4. The number of alkyl halides is 2. The van der Waals surface area contributed by atoms with Crippen molar-refractivity contribution in [2.24, 2.45) is 0 Å². The lowest BCUT2D eigenvalue weighted by molar-refractivity contribution is -0.150. The average molecular weight is 1250 g/mol. The van der Waals surface area contributed by atoms with Gasteiger partial charge in [0, 0.05) is 12.1 Å². The second-order valence-electron chi connectivity index (χ2n) is 21.5. The predicted molar refractivity (Wildman–Crippen MR) is 303 cm³/mol. The van der Waals surface area contributed by atoms with Gasteiger partial charge in [0.2, 0.25) is 23.2 Å². The lowest BCUT2D eigenvalue weighted by Gasteiger charge is -2.27. The van der Waals surface area contributed by atoms with Crippen molar-refractivity contribution in [3.63, 3.8) is 0 Å². The Kier molecular flexibility index (Phi) is 19.5. The quantitative estimate of drug-likeness (QED) is 0.0269. The summed E-state index contributed by atoms with van der Waals surface area (Å²) in [6, 6.07) is 14.3. The highest BCUT2D eigenvalue weighted by molar-refractivity contribution is 7.52. The Morgan fingerprint density at radius 2 is 1.00 bits per heavy atom. The first-order valence-corrected chi connectivity index (χ1v) is 30.7. The minimum absolute atomic E-state index is 0.0977. The topological polar surface area (TPSA) is 410 Å². The molecule has 4 fully saturated rings. The third-order valence-electron chi connectivity index (χ3n) is 13.7. The molecule has 6 aromatic rings. The van der Waals surface area contributed by atoms with Crippen LogP contribution in [0.5, 0.6) is 11.5 Å². The van der Waals surface area contributed by atoms with Crippen LogP contribution in [0.3, 0.4) is 0 Å². The fourth-order valence-corrected chi connectivity index (χ4v) is 12.1. The van der Waals surface area contributed by atoms with Crippen LogP contribution < -0.4 is 41.3 Å². The number of ether oxygens (including phenoxy) is 4. The number of esters is 2. The third-order valence-corrected chi connectivity index (χ3v) is 17.0. The normalized spacial score (nSPS) is 25.9. The number of rotatable bonds is 26. The number of nitrogen functional groups attached to an aromatic ring is 2. The highest BCUT2D eigenvalue weighted by Crippen LogP contribution is 2.50. The molecule has 30 nitrogen and oxygen atoms in total. The molecule has 468 valence electrons. The summed E-state index contributed by atoms with van der Waals surface area (Å²) in [5.41, 5.74) is 7.13. The van der Waals surface area contributed by atoms with Crippen molar-refractivity contribution in [2.75, 3.05) is 48.5 Å². The summed E-state index contributed by atoms with van der Waals surface area (Å²) in [6.07, 6.45) is -4.61. The molecule has 2 saturated carbocycles. The SMILES string of the molecule is CC(C)OC(=O)[C@H](C)NP(=O)(OC[C@H]1O[C@@H](n2cnc3c(NC4CC4)nc(N)nc32)[C@@](F)(CO)[C@@H]1O)Oc1ccccc1.CC(C)OC(=O)[C@H](C)N[P@](=O)(OC[C@H]1O[C@@H](n2cnc3c(NC4CC4)nc(N)nc32)[C@@](F)(CO)[C@@H]1O)Oc1ccccc1. The Morgan fingerprint density at radius 3 is 1.33 bits per heavy atom. The maximum absolute atomic E-state index is 16.3. The number of carbonyl (C=O) groups is 2. The number of nitrogens with two attached hydrogens (primary N) is 2. The zero-order chi connectivity index (χ0) is 61.9. The predicted octanol–water partition coefficient (Wildman–Crippen LogP) is 4.15. The van der Waals surface area contributed by atoms with Crippen molar-refractivity contribution in [3.8, 4) is 11.5 Å². The molecule has 0 amide bonds. The van der Waals surface area contributed by atoms with E-state index in [4.69, 9.17) is 48.5 Å². The molecule has 4 aliphatic rings. The number of imidazole rings is 2. The Hall–Kier alpha value is -6.80. The second-order valence-corrected chi connectivity index (χ2v) is 24.9. The molecule has 12 atom stereocenters. The summed E-state index contributed by atoms with van der Waals surface area (Å²) in [7, 11) is -8.71. The number of hydrogen-bond acceptors (Lipinski definition) is 26. The molecular formula is C52H70F2N14O16P2. The van der Waals surface area contributed by atoms with Crippen molar-refractivity contribution in [1.29, 1.82) is 0 Å². The summed E-state index contributed by atoms with van der Waals surface area (Å²) in [6.45, 7) is 5.86. The van der Waals surface area contributed by atoms with Crippen molar-refractivity contribution >= 4 is 73.3 Å². The molecule has 1 unspecified atom stereocenters. The van der Waals surface area contributed by atoms with Crippen LogP contribution in [-0.2, 0) is 46.7 Å². The summed E-state index contributed by atoms with van der Waals surface area (Å²) in [4.78, 5) is 50.2. The Balaban J connectivity index is 0.000000205. The molecule has 6 heterocycles. The highest BCUT2D eigenvalue weighted by Gasteiger charge is 2.60. The van der Waals surface area contributed by atoms with Gasteiger partial charge >= 0.3 is 27.4 Å². The third kappa shape index (κ3) is 14.6. The standard InChI is InChI=1S/2C26H35FN7O8P/c2*1-14(2)40-23(37)15(3)33-43(38,42-17-7-5-4-6-8-17)39-11-18-20(36)26(27,12-35)24(41-18)34-13-29-19-21(30-16-9-10-16)31-25(28)32-22(19)34/h2*4-8,13-16,18,20,24,35-36H,9-12H2,1-3H3,(H,33,38)(H3,28,30,31,32)/t15-,18+,20+,24+,26+,43?;15-,18+,20+,24+,26+,43-/m00/s1. The molecule has 10 rings (SSSR count). The summed E-state index contributed by atoms with van der Waals surface area (Å²) < 4.78 is 107. The van der Waals surface area contributed by atoms with E-state index in [1.165, 1.54) is 59.9 Å². The number of aliphatic hydroxyl groups is 4. The van der Waals surface area contributed by atoms with Crippen LogP contribution in [0.4, 0.5) is 32.3 Å². The molecule has 34 heteroatoms. The maximum Gasteiger partial charge on any atom is 0.459 e. The number of halogens is 2. The first kappa shape index (κ1) is 63.7. The monoisotopic (exact) mass is 1250 g/mol. The van der Waals surface area contributed by atoms with E-state index in [9.17, 15) is 39.1 Å². The van der Waals surface area contributed by atoms with E-state index in [2.05, 4.69) is 50.7 Å². The summed E-state index contributed by atoms with van der Waals surface area (Å²) in [5.74, 6) is -0.572. The molecule has 12 N–H and O–H groups in total. The molecule has 2 saturated heterocycles. The molecule has 2 aliphatic carbocycles. The number of nitrogens with zero attached hydrogens (tertiary/aromatic N) is 8. The van der Waals surface area contributed by atoms with E-state index in [0.29, 0.717) is 22.7 Å². The molecule has 2 aliphatic heterocycles. The van der Waals surface area contributed by atoms with Crippen LogP contribution in [0.1, 0.15) is 79.7 Å². The number of hydrogen-bond donors (Lipinski definition) is 10. The number of carbonyl (C=O) groups excluding carboxylic acids is 2. The van der Waals surface area contributed by atoms with Gasteiger partial charge in [0.15, 0.2) is 46.4 Å². The van der Waals surface area contributed by atoms with Gasteiger partial charge < -0.3 is 70.5 Å². The highest BCUT2D eigenvalue weighted by atomic mass is 31.2. The van der Waals surface area contributed by atoms with Gasteiger partial charge in [0.25, 0.3) is 0 Å². The zero-order valence-electron chi connectivity index (χ0n) is 47.6. The molecule has 4 aromatic heterocycles. The van der Waals surface area contributed by atoms with Crippen molar-refractivity contribution < 1.29 is 85.0 Å². The minimum Gasteiger partial charge on any atom is -0.462 e. The molecular weight excluding hydrogens is 1180 g/mol. The first-order chi connectivity index (χ1) is 40.8. The molecule has 0 radical (unpaired) electrons. The molecule has 0 spiro atoms. The molecule has 2 aromatic carbocycles. The van der Waals surface area contributed by atoms with Crippen LogP contribution in [0.2, 0.25) is 0 Å². The fourth-order valence-electron chi connectivity index (χ4n) is 9.08. The van der Waals surface area contributed by atoms with Gasteiger partial charge in [0.1, 0.15) is 48.0 Å². The van der Waals surface area contributed by atoms with Gasteiger partial charge in [-0.05, 0) is 91.5 Å². The van der Waals surface area contributed by atoms with E-state index in [-0.39, 0.29) is 46.8 Å². The fraction of sp³-hybridized carbons (Fsp3) is 0.538. The number of benzene rings is 2. The van der Waals surface area contributed by atoms with Crippen molar-refractivity contribution in [1.82, 2.24) is 49.2 Å². The largest absolute Gasteiger partial charge is 0.462 e. The lowest BCUT2D eigenvalue weighted by Crippen LogP contribution is -2.46. The Morgan fingerprint density at radius 1 is 0.640 bits per heavy atom. The van der Waals surface area contributed by atoms with Crippen molar-refractivity contribution in [2.45, 2.75) is 152 Å². The van der Waals surface area contributed by atoms with Gasteiger partial charge in [0.05, 0.1) is 51.3 Å². The number of fused-ring (bicyclic) bond motifs is 2. The maximum atomic E-state index is 16.3. The van der Waals surface area contributed by atoms with E-state index in [1.54, 1.807) is 64.1 Å². The molecule has 0 bridgehead atoms. The number of aliphatic hydroxyl groups excluding tert-OH is 4. The van der Waals surface area contributed by atoms with E-state index in [0.717, 1.165) is 25.7 Å². The first-order valence-electron chi connectivity index (χ1n) is 27.6. The smallest absolute Gasteiger partial charge is 0.459 e. The van der Waals surface area contributed by atoms with Crippen LogP contribution in [0.15, 0.2) is 73.3 Å². The lowest BCUT2D eigenvalue weighted by atomic mass is 9.97. The van der Waals surface area contributed by atoms with E-state index in [1.807, 2.05) is 0 Å². The second kappa shape index (κ2) is 26.3. The van der Waals surface area contributed by atoms with Gasteiger partial charge in [-0.1, -0.05) is 36.4 Å². The van der Waals surface area contributed by atoms with Crippen LogP contribution in [0, 0.1) is 0 Å². The Labute approximate surface area is 491 Å². The van der Waals surface area contributed by atoms with E-state index >= 15 is 8.78 Å². The van der Waals surface area contributed by atoms with Crippen LogP contribution in [0.25, 0.3) is 22.3 Å². The Bertz CT molecular complexity index is 3210. The van der Waals surface area contributed by atoms with Gasteiger partial charge in [-0.3, -0.25) is 27.8 Å². The number of para-hydroxylation sites is 2. The number of aromatic nitrogens is 8. The van der Waals surface area contributed by atoms with E-state index < -0.39 is 126 Å². The molecule has 86 heavy (non-hydrogen) atoms. The van der Waals surface area contributed by atoms with Gasteiger partial charge in [-0.15, -0.1) is 0 Å². The average Bonchev–Trinajstić information content (AvgIpc) is 1.67. The van der Waals surface area contributed by atoms with Gasteiger partial charge in [-0.25, -0.2) is 27.9 Å². The minimum atomic E-state index is -4.36. The van der Waals surface area contributed by atoms with Crippen LogP contribution in [-0.4, -0.2) is 170 Å².